The van der Waals surface area contributed by atoms with Crippen LogP contribution in [0.4, 0.5) is 19.0 Å². The third-order valence-corrected chi connectivity index (χ3v) is 3.61. The molecule has 0 radical (unpaired) electrons. The Morgan fingerprint density at radius 2 is 1.86 bits per heavy atom. The average Bonchev–Trinajstić information content (AvgIpc) is 2.77. The molecular weight excluding hydrogens is 315 g/mol. The van der Waals surface area contributed by atoms with Gasteiger partial charge in [-0.05, 0) is 11.6 Å². The molecule has 0 bridgehead atoms. The predicted octanol–water partition coefficient (Wildman–Crippen LogP) is 4.18. The Labute approximate surface area is 129 Å². The number of anilines is 1. The van der Waals surface area contributed by atoms with Gasteiger partial charge in [0, 0.05) is 12.6 Å². The first-order valence-corrected chi connectivity index (χ1v) is 6.81. The smallest absolute Gasteiger partial charge is 0.383 e. The highest BCUT2D eigenvalue weighted by Gasteiger charge is 2.32. The highest BCUT2D eigenvalue weighted by molar-refractivity contribution is 6.33. The molecule has 2 heterocycles. The molecule has 0 saturated heterocycles. The van der Waals surface area contributed by atoms with Gasteiger partial charge in [0.25, 0.3) is 0 Å². The molecule has 7 heteroatoms. The number of rotatable bonds is 2. The maximum Gasteiger partial charge on any atom is 0.417 e. The maximum absolute atomic E-state index is 12.8. The molecule has 0 aliphatic rings. The number of benzene rings is 1. The van der Waals surface area contributed by atoms with Crippen LogP contribution in [-0.4, -0.2) is 9.38 Å². The van der Waals surface area contributed by atoms with Crippen LogP contribution in [0.25, 0.3) is 5.65 Å². The van der Waals surface area contributed by atoms with Crippen LogP contribution in [0.15, 0.2) is 42.6 Å². The molecule has 2 N–H and O–H groups in total. The third kappa shape index (κ3) is 2.62. The summed E-state index contributed by atoms with van der Waals surface area (Å²) < 4.78 is 39.7. The topological polar surface area (TPSA) is 43.3 Å². The highest BCUT2D eigenvalue weighted by Crippen LogP contribution is 2.33. The fourth-order valence-corrected chi connectivity index (χ4v) is 2.49. The van der Waals surface area contributed by atoms with Crippen molar-refractivity contribution in [1.82, 2.24) is 9.38 Å². The highest BCUT2D eigenvalue weighted by atomic mass is 35.5. The van der Waals surface area contributed by atoms with E-state index in [-0.39, 0.29) is 16.5 Å². The quantitative estimate of drug-likeness (QED) is 0.768. The molecule has 22 heavy (non-hydrogen) atoms. The van der Waals surface area contributed by atoms with E-state index in [1.54, 1.807) is 0 Å². The number of hydrogen-bond acceptors (Lipinski definition) is 2. The minimum atomic E-state index is -4.49. The van der Waals surface area contributed by atoms with Gasteiger partial charge in [-0.1, -0.05) is 41.9 Å². The lowest BCUT2D eigenvalue weighted by atomic mass is 10.1. The summed E-state index contributed by atoms with van der Waals surface area (Å²) in [4.78, 5) is 4.27. The Kier molecular flexibility index (Phi) is 3.48. The number of aromatic nitrogens is 2. The van der Waals surface area contributed by atoms with Crippen molar-refractivity contribution in [3.8, 4) is 0 Å². The number of pyridine rings is 1. The Bertz CT molecular complexity index is 825. The zero-order chi connectivity index (χ0) is 15.9. The minimum Gasteiger partial charge on any atom is -0.383 e. The molecule has 1 aromatic carbocycles. The van der Waals surface area contributed by atoms with Crippen molar-refractivity contribution >= 4 is 23.1 Å². The van der Waals surface area contributed by atoms with Gasteiger partial charge in [-0.25, -0.2) is 4.98 Å². The molecule has 0 unspecified atom stereocenters. The van der Waals surface area contributed by atoms with E-state index >= 15 is 0 Å². The maximum atomic E-state index is 12.8. The van der Waals surface area contributed by atoms with E-state index in [1.165, 1.54) is 4.40 Å². The van der Waals surface area contributed by atoms with Crippen LogP contribution in [0, 0.1) is 0 Å². The van der Waals surface area contributed by atoms with Crippen molar-refractivity contribution in [1.29, 1.82) is 0 Å². The van der Waals surface area contributed by atoms with Gasteiger partial charge in [-0.15, -0.1) is 0 Å². The van der Waals surface area contributed by atoms with E-state index in [9.17, 15) is 13.2 Å². The number of fused-ring (bicyclic) bond motifs is 1. The van der Waals surface area contributed by atoms with E-state index in [1.807, 2.05) is 30.3 Å². The van der Waals surface area contributed by atoms with E-state index in [0.717, 1.165) is 17.8 Å². The zero-order valence-corrected chi connectivity index (χ0v) is 12.0. The molecule has 0 aliphatic heterocycles. The van der Waals surface area contributed by atoms with Crippen LogP contribution in [0.5, 0.6) is 0 Å². The average molecular weight is 326 g/mol. The Balaban J connectivity index is 2.11. The molecule has 0 aliphatic carbocycles. The van der Waals surface area contributed by atoms with E-state index in [2.05, 4.69) is 4.98 Å². The summed E-state index contributed by atoms with van der Waals surface area (Å²) in [6, 6.07) is 10.3. The number of alkyl halides is 3. The molecule has 114 valence electrons. The molecule has 0 fully saturated rings. The van der Waals surface area contributed by atoms with Gasteiger partial charge in [0.15, 0.2) is 5.65 Å². The van der Waals surface area contributed by atoms with Crippen molar-refractivity contribution in [3.63, 3.8) is 0 Å². The van der Waals surface area contributed by atoms with Crippen molar-refractivity contribution in [2.75, 3.05) is 5.73 Å². The summed E-state index contributed by atoms with van der Waals surface area (Å²) in [5.41, 5.74) is 6.76. The molecule has 3 aromatic rings. The fraction of sp³-hybridized carbons (Fsp3) is 0.133. The predicted molar refractivity (Wildman–Crippen MR) is 78.9 cm³/mol. The molecule has 2 aromatic heterocycles. The lowest BCUT2D eigenvalue weighted by Gasteiger charge is -2.08. The summed E-state index contributed by atoms with van der Waals surface area (Å²) in [5.74, 6) is 0.159. The van der Waals surface area contributed by atoms with Crippen LogP contribution in [0.3, 0.4) is 0 Å². The van der Waals surface area contributed by atoms with Crippen molar-refractivity contribution in [3.05, 3.63) is 64.4 Å². The van der Waals surface area contributed by atoms with Crippen molar-refractivity contribution in [2.45, 2.75) is 12.6 Å². The first kappa shape index (κ1) is 14.7. The van der Waals surface area contributed by atoms with Gasteiger partial charge in [0.05, 0.1) is 16.3 Å². The second kappa shape index (κ2) is 5.21. The molecule has 0 saturated carbocycles. The number of imidazole rings is 1. The molecule has 3 nitrogen and oxygen atoms in total. The summed E-state index contributed by atoms with van der Waals surface area (Å²) in [6.45, 7) is 0. The lowest BCUT2D eigenvalue weighted by Crippen LogP contribution is -2.07. The second-order valence-electron chi connectivity index (χ2n) is 4.87. The number of halogens is 4. The largest absolute Gasteiger partial charge is 0.417 e. The standard InChI is InChI=1S/C15H11ClF3N3/c16-11-7-10(15(17,18)19)8-22-13(20)12(21-14(11)22)6-9-4-2-1-3-5-9/h1-5,7-8H,6,20H2. The fourth-order valence-electron chi connectivity index (χ4n) is 2.24. The van der Waals surface area contributed by atoms with Crippen LogP contribution < -0.4 is 5.73 Å². The summed E-state index contributed by atoms with van der Waals surface area (Å²) in [6.07, 6.45) is -3.15. The van der Waals surface area contributed by atoms with Gasteiger partial charge in [-0.3, -0.25) is 4.40 Å². The van der Waals surface area contributed by atoms with Crippen LogP contribution in [0.1, 0.15) is 16.8 Å². The van der Waals surface area contributed by atoms with E-state index in [0.29, 0.717) is 12.1 Å². The van der Waals surface area contributed by atoms with Crippen molar-refractivity contribution in [2.24, 2.45) is 0 Å². The first-order valence-electron chi connectivity index (χ1n) is 6.43. The van der Waals surface area contributed by atoms with Crippen LogP contribution in [0.2, 0.25) is 5.02 Å². The van der Waals surface area contributed by atoms with E-state index in [4.69, 9.17) is 17.3 Å². The van der Waals surface area contributed by atoms with E-state index < -0.39 is 11.7 Å². The monoisotopic (exact) mass is 325 g/mol. The Morgan fingerprint density at radius 3 is 2.50 bits per heavy atom. The van der Waals surface area contributed by atoms with Gasteiger partial charge in [0.1, 0.15) is 5.82 Å². The number of nitrogens with two attached hydrogens (primary N) is 1. The minimum absolute atomic E-state index is 0.0826. The number of nitrogens with zero attached hydrogens (tertiary/aromatic N) is 2. The SMILES string of the molecule is Nc1c(Cc2ccccc2)nc2c(Cl)cc(C(F)(F)F)cn12. The van der Waals surface area contributed by atoms with Crippen LogP contribution in [-0.2, 0) is 12.6 Å². The van der Waals surface area contributed by atoms with Gasteiger partial charge in [-0.2, -0.15) is 13.2 Å². The number of hydrogen-bond donors (Lipinski definition) is 1. The van der Waals surface area contributed by atoms with Gasteiger partial charge >= 0.3 is 6.18 Å². The third-order valence-electron chi connectivity index (χ3n) is 3.33. The molecular formula is C15H11ClF3N3. The summed E-state index contributed by atoms with van der Waals surface area (Å²) >= 11 is 5.92. The Hall–Kier alpha value is -2.21. The molecule has 0 atom stereocenters. The zero-order valence-electron chi connectivity index (χ0n) is 11.2. The molecule has 0 spiro atoms. The van der Waals surface area contributed by atoms with Gasteiger partial charge in [0.2, 0.25) is 0 Å². The summed E-state index contributed by atoms with van der Waals surface area (Å²) in [5, 5.41) is -0.0826. The van der Waals surface area contributed by atoms with Crippen molar-refractivity contribution < 1.29 is 13.2 Å². The number of nitrogen functional groups attached to an aromatic ring is 1. The normalized spacial score (nSPS) is 12.0. The first-order chi connectivity index (χ1) is 10.4. The van der Waals surface area contributed by atoms with Crippen LogP contribution >= 0.6 is 11.6 Å². The lowest BCUT2D eigenvalue weighted by molar-refractivity contribution is -0.137. The molecule has 3 rings (SSSR count). The second-order valence-corrected chi connectivity index (χ2v) is 5.28. The molecule has 0 amide bonds. The van der Waals surface area contributed by atoms with Gasteiger partial charge < -0.3 is 5.73 Å². The Morgan fingerprint density at radius 1 is 1.18 bits per heavy atom. The summed E-state index contributed by atoms with van der Waals surface area (Å²) in [7, 11) is 0.